The Kier molecular flexibility index (Phi) is 7.44. The van der Waals surface area contributed by atoms with Gasteiger partial charge in [-0.2, -0.15) is 5.26 Å². The third kappa shape index (κ3) is 5.37. The van der Waals surface area contributed by atoms with Crippen molar-refractivity contribution in [2.45, 2.75) is 13.5 Å². The van der Waals surface area contributed by atoms with Gasteiger partial charge in [0.2, 0.25) is 0 Å². The van der Waals surface area contributed by atoms with E-state index < -0.39 is 0 Å². The molecule has 6 heteroatoms. The van der Waals surface area contributed by atoms with E-state index in [0.717, 1.165) is 22.3 Å². The summed E-state index contributed by atoms with van der Waals surface area (Å²) in [6, 6.07) is 19.1. The van der Waals surface area contributed by atoms with Crippen LogP contribution >= 0.6 is 39.1 Å². The van der Waals surface area contributed by atoms with E-state index in [-0.39, 0.29) is 6.61 Å². The molecule has 30 heavy (non-hydrogen) atoms. The molecule has 0 aliphatic heterocycles. The lowest BCUT2D eigenvalue weighted by molar-refractivity contribution is 0.282. The monoisotopic (exact) mass is 501 g/mol. The summed E-state index contributed by atoms with van der Waals surface area (Å²) in [5.74, 6) is 1.09. The summed E-state index contributed by atoms with van der Waals surface area (Å²) in [5, 5.41) is 10.7. The lowest BCUT2D eigenvalue weighted by Gasteiger charge is -2.14. The zero-order valence-electron chi connectivity index (χ0n) is 16.4. The molecule has 0 aliphatic rings. The second-order valence-corrected chi connectivity index (χ2v) is 8.29. The minimum Gasteiger partial charge on any atom is -0.493 e. The van der Waals surface area contributed by atoms with Crippen molar-refractivity contribution in [3.05, 3.63) is 91.4 Å². The molecule has 0 bridgehead atoms. The fourth-order valence-electron chi connectivity index (χ4n) is 2.83. The maximum atomic E-state index is 9.61. The van der Waals surface area contributed by atoms with Gasteiger partial charge in [0, 0.05) is 15.6 Å². The lowest BCUT2D eigenvalue weighted by Crippen LogP contribution is -2.00. The Morgan fingerprint density at radius 3 is 2.47 bits per heavy atom. The minimum absolute atomic E-state index is 0.257. The first-order valence-electron chi connectivity index (χ1n) is 9.04. The van der Waals surface area contributed by atoms with Crippen molar-refractivity contribution in [2.75, 3.05) is 7.11 Å². The fraction of sp³-hybridized carbons (Fsp3) is 0.125. The first-order chi connectivity index (χ1) is 14.4. The highest BCUT2D eigenvalue weighted by molar-refractivity contribution is 9.10. The Bertz CT molecular complexity index is 1140. The van der Waals surface area contributed by atoms with Gasteiger partial charge in [-0.25, -0.2) is 0 Å². The highest BCUT2D eigenvalue weighted by Gasteiger charge is 2.13. The fourth-order valence-corrected chi connectivity index (χ4v) is 3.87. The van der Waals surface area contributed by atoms with Crippen molar-refractivity contribution in [2.24, 2.45) is 0 Å². The summed E-state index contributed by atoms with van der Waals surface area (Å²) in [4.78, 5) is 0. The normalized spacial score (nSPS) is 11.1. The molecule has 0 radical (unpaired) electrons. The third-order valence-electron chi connectivity index (χ3n) is 4.43. The summed E-state index contributed by atoms with van der Waals surface area (Å²) in [5.41, 5.74) is 4.18. The van der Waals surface area contributed by atoms with E-state index in [4.69, 9.17) is 32.7 Å². The van der Waals surface area contributed by atoms with Crippen molar-refractivity contribution in [1.82, 2.24) is 0 Å². The molecule has 0 aliphatic carbocycles. The molecule has 0 aromatic heterocycles. The summed E-state index contributed by atoms with van der Waals surface area (Å²) in [6.07, 6.45) is 1.82. The highest BCUT2D eigenvalue weighted by Crippen LogP contribution is 2.38. The van der Waals surface area contributed by atoms with E-state index >= 15 is 0 Å². The maximum Gasteiger partial charge on any atom is 0.175 e. The molecule has 3 nitrogen and oxygen atoms in total. The molecule has 3 aromatic carbocycles. The van der Waals surface area contributed by atoms with Crippen molar-refractivity contribution < 1.29 is 9.47 Å². The van der Waals surface area contributed by atoms with Crippen LogP contribution in [0.15, 0.2) is 59.1 Å². The number of ether oxygens (including phenoxy) is 2. The standard InChI is InChI=1S/C24H18BrCl2NO2/c1-15-3-5-17(6-4-15)19(13-28)9-16-10-21(25)24(23(11-16)29-2)30-14-18-7-8-20(26)12-22(18)27/h3-12H,14H2,1-2H3. The van der Waals surface area contributed by atoms with Gasteiger partial charge in [-0.3, -0.25) is 0 Å². The average molecular weight is 503 g/mol. The number of hydrogen-bond acceptors (Lipinski definition) is 3. The summed E-state index contributed by atoms with van der Waals surface area (Å²) >= 11 is 15.7. The van der Waals surface area contributed by atoms with E-state index in [2.05, 4.69) is 22.0 Å². The molecule has 3 aromatic rings. The molecule has 0 fully saturated rings. The number of nitrogens with zero attached hydrogens (tertiary/aromatic N) is 1. The molecule has 0 saturated heterocycles. The maximum absolute atomic E-state index is 9.61. The van der Waals surface area contributed by atoms with E-state index in [9.17, 15) is 5.26 Å². The van der Waals surface area contributed by atoms with E-state index in [1.165, 1.54) is 0 Å². The van der Waals surface area contributed by atoms with Crippen LogP contribution in [0.3, 0.4) is 0 Å². The number of aryl methyl sites for hydroxylation is 1. The Morgan fingerprint density at radius 1 is 1.10 bits per heavy atom. The predicted molar refractivity (Wildman–Crippen MR) is 126 cm³/mol. The molecule has 0 amide bonds. The molecule has 0 heterocycles. The molecular formula is C24H18BrCl2NO2. The van der Waals surface area contributed by atoms with E-state index in [1.54, 1.807) is 19.2 Å². The summed E-state index contributed by atoms with van der Waals surface area (Å²) < 4.78 is 12.2. The Labute approximate surface area is 194 Å². The number of methoxy groups -OCH3 is 1. The molecule has 152 valence electrons. The number of allylic oxidation sites excluding steroid dienone is 1. The van der Waals surface area contributed by atoms with Gasteiger partial charge in [-0.15, -0.1) is 0 Å². The summed E-state index contributed by atoms with van der Waals surface area (Å²) in [7, 11) is 1.57. The van der Waals surface area contributed by atoms with Crippen molar-refractivity contribution in [3.63, 3.8) is 0 Å². The van der Waals surface area contributed by atoms with Gasteiger partial charge in [0.05, 0.1) is 23.2 Å². The van der Waals surface area contributed by atoms with Crippen molar-refractivity contribution >= 4 is 50.8 Å². The zero-order valence-corrected chi connectivity index (χ0v) is 19.5. The van der Waals surface area contributed by atoms with Crippen LogP contribution in [0.4, 0.5) is 0 Å². The number of benzene rings is 3. The van der Waals surface area contributed by atoms with Crippen LogP contribution in [-0.2, 0) is 6.61 Å². The molecular weight excluding hydrogens is 485 g/mol. The van der Waals surface area contributed by atoms with Crippen LogP contribution in [-0.4, -0.2) is 7.11 Å². The van der Waals surface area contributed by atoms with Gasteiger partial charge in [0.1, 0.15) is 6.61 Å². The minimum atomic E-state index is 0.257. The number of nitriles is 1. The highest BCUT2D eigenvalue weighted by atomic mass is 79.9. The second kappa shape index (κ2) is 10.0. The molecule has 3 rings (SSSR count). The van der Waals surface area contributed by atoms with Crippen LogP contribution < -0.4 is 9.47 Å². The van der Waals surface area contributed by atoms with Gasteiger partial charge in [-0.05, 0) is 64.3 Å². The Balaban J connectivity index is 1.89. The van der Waals surface area contributed by atoms with Gasteiger partial charge < -0.3 is 9.47 Å². The molecule has 0 unspecified atom stereocenters. The lowest BCUT2D eigenvalue weighted by atomic mass is 10.0. The predicted octanol–water partition coefficient (Wildman–Crippen LogP) is 7.72. The zero-order chi connectivity index (χ0) is 21.7. The third-order valence-corrected chi connectivity index (χ3v) is 5.61. The Hall–Kier alpha value is -2.45. The van der Waals surface area contributed by atoms with Gasteiger partial charge in [-0.1, -0.05) is 59.1 Å². The van der Waals surface area contributed by atoms with E-state index in [0.29, 0.717) is 31.6 Å². The van der Waals surface area contributed by atoms with Crippen LogP contribution in [0, 0.1) is 18.3 Å². The van der Waals surface area contributed by atoms with Gasteiger partial charge in [0.15, 0.2) is 11.5 Å². The van der Waals surface area contributed by atoms with Crippen LogP contribution in [0.25, 0.3) is 11.6 Å². The quantitative estimate of drug-likeness (QED) is 0.256. The van der Waals surface area contributed by atoms with E-state index in [1.807, 2.05) is 55.5 Å². The van der Waals surface area contributed by atoms with Crippen molar-refractivity contribution in [3.8, 4) is 17.6 Å². The molecule has 0 atom stereocenters. The smallest absolute Gasteiger partial charge is 0.175 e. The van der Waals surface area contributed by atoms with Crippen LogP contribution in [0.1, 0.15) is 22.3 Å². The average Bonchev–Trinajstić information content (AvgIpc) is 2.72. The topological polar surface area (TPSA) is 42.2 Å². The first-order valence-corrected chi connectivity index (χ1v) is 10.6. The van der Waals surface area contributed by atoms with Crippen LogP contribution in [0.5, 0.6) is 11.5 Å². The van der Waals surface area contributed by atoms with Gasteiger partial charge in [0.25, 0.3) is 0 Å². The molecule has 0 N–H and O–H groups in total. The Morgan fingerprint density at radius 2 is 1.83 bits per heavy atom. The van der Waals surface area contributed by atoms with Crippen LogP contribution in [0.2, 0.25) is 10.0 Å². The molecule has 0 spiro atoms. The molecule has 0 saturated carbocycles. The first kappa shape index (κ1) is 22.2. The SMILES string of the molecule is COc1cc(C=C(C#N)c2ccc(C)cc2)cc(Br)c1OCc1ccc(Cl)cc1Cl. The van der Waals surface area contributed by atoms with Crippen molar-refractivity contribution in [1.29, 1.82) is 5.26 Å². The second-order valence-electron chi connectivity index (χ2n) is 6.59. The van der Waals surface area contributed by atoms with Gasteiger partial charge >= 0.3 is 0 Å². The number of hydrogen-bond donors (Lipinski definition) is 0. The number of rotatable bonds is 6. The number of halogens is 3. The summed E-state index contributed by atoms with van der Waals surface area (Å²) in [6.45, 7) is 2.27. The largest absolute Gasteiger partial charge is 0.493 e.